The first kappa shape index (κ1) is 30.7. The molecule has 0 aliphatic rings. The molecule has 0 atom stereocenters. The SMILES string of the molecule is C=C(/C=C(/OCC)O[Si](C)(C)C)O[Si](C)(C)C.CCOC(=O)/C=C(/C)O[Si](C)(C)C. The summed E-state index contributed by atoms with van der Waals surface area (Å²) in [5.74, 6) is 1.44. The van der Waals surface area contributed by atoms with Crippen molar-refractivity contribution in [3.63, 3.8) is 0 Å². The highest BCUT2D eigenvalue weighted by Gasteiger charge is 2.20. The van der Waals surface area contributed by atoms with Crippen LogP contribution in [0.15, 0.2) is 36.2 Å². The molecule has 0 bridgehead atoms. The number of hydrogen-bond acceptors (Lipinski definition) is 6. The van der Waals surface area contributed by atoms with Gasteiger partial charge in [-0.2, -0.15) is 0 Å². The molecule has 0 heterocycles. The van der Waals surface area contributed by atoms with Crippen LogP contribution < -0.4 is 0 Å². The number of esters is 1. The van der Waals surface area contributed by atoms with Gasteiger partial charge in [-0.1, -0.05) is 6.58 Å². The van der Waals surface area contributed by atoms with Gasteiger partial charge in [0.25, 0.3) is 5.95 Å². The Labute approximate surface area is 187 Å². The Morgan fingerprint density at radius 1 is 0.733 bits per heavy atom. The van der Waals surface area contributed by atoms with E-state index in [9.17, 15) is 4.79 Å². The third-order valence-electron chi connectivity index (χ3n) is 2.48. The van der Waals surface area contributed by atoms with Gasteiger partial charge in [0.05, 0.1) is 31.1 Å². The molecular formula is C21H44O6Si3. The zero-order valence-corrected chi connectivity index (χ0v) is 24.2. The molecule has 0 saturated carbocycles. The fourth-order valence-corrected chi connectivity index (χ4v) is 4.55. The summed E-state index contributed by atoms with van der Waals surface area (Å²) in [7, 11) is -4.86. The fourth-order valence-electron chi connectivity index (χ4n) is 1.96. The molecule has 0 aromatic heterocycles. The lowest BCUT2D eigenvalue weighted by molar-refractivity contribution is -0.137. The summed E-state index contributed by atoms with van der Waals surface area (Å²) in [5, 5.41) is 0. The number of allylic oxidation sites excluding steroid dienone is 2. The highest BCUT2D eigenvalue weighted by molar-refractivity contribution is 6.70. The molecule has 0 spiro atoms. The molecule has 0 aliphatic carbocycles. The molecule has 30 heavy (non-hydrogen) atoms. The van der Waals surface area contributed by atoms with Crippen LogP contribution in [-0.4, -0.2) is 44.1 Å². The van der Waals surface area contributed by atoms with E-state index >= 15 is 0 Å². The average Bonchev–Trinajstić information content (AvgIpc) is 2.41. The highest BCUT2D eigenvalue weighted by Crippen LogP contribution is 2.16. The summed E-state index contributed by atoms with van der Waals surface area (Å²) in [6.45, 7) is 29.2. The topological polar surface area (TPSA) is 63.2 Å². The zero-order chi connectivity index (χ0) is 24.2. The van der Waals surface area contributed by atoms with E-state index in [1.54, 1.807) is 19.9 Å². The smallest absolute Gasteiger partial charge is 0.334 e. The second-order valence-corrected chi connectivity index (χ2v) is 22.8. The first-order valence-corrected chi connectivity index (χ1v) is 20.6. The lowest BCUT2D eigenvalue weighted by Gasteiger charge is -2.23. The third-order valence-corrected chi connectivity index (χ3v) is 5.11. The molecule has 0 rings (SSSR count). The van der Waals surface area contributed by atoms with Gasteiger partial charge in [-0.3, -0.25) is 0 Å². The van der Waals surface area contributed by atoms with Crippen LogP contribution in [0.5, 0.6) is 0 Å². The van der Waals surface area contributed by atoms with E-state index in [2.05, 4.69) is 65.5 Å². The molecule has 0 unspecified atom stereocenters. The van der Waals surface area contributed by atoms with Crippen molar-refractivity contribution in [2.75, 3.05) is 13.2 Å². The molecule has 6 nitrogen and oxygen atoms in total. The summed E-state index contributed by atoms with van der Waals surface area (Å²) in [6.07, 6.45) is 3.14. The van der Waals surface area contributed by atoms with E-state index < -0.39 is 25.0 Å². The van der Waals surface area contributed by atoms with Crippen LogP contribution >= 0.6 is 0 Å². The van der Waals surface area contributed by atoms with Crippen molar-refractivity contribution in [2.45, 2.75) is 79.7 Å². The maximum Gasteiger partial charge on any atom is 0.334 e. The molecule has 176 valence electrons. The van der Waals surface area contributed by atoms with Gasteiger partial charge in [-0.25, -0.2) is 4.79 Å². The lowest BCUT2D eigenvalue weighted by Crippen LogP contribution is -2.27. The Morgan fingerprint density at radius 2 is 1.17 bits per heavy atom. The van der Waals surface area contributed by atoms with Crippen LogP contribution in [0.1, 0.15) is 20.8 Å². The standard InChI is InChI=1S/C12H26O3Si2.C9H18O3Si/c1-9-13-12(15-17(6,7)8)10-11(2)14-16(3,4)5;1-6-11-9(10)7-8(2)12-13(3,4)5/h10H,2,9H2,1,3-8H3;7H,6H2,1-5H3/b12-10-;8-7-. The number of carbonyl (C=O) groups excluding carboxylic acids is 1. The first-order chi connectivity index (χ1) is 13.4. The molecule has 0 aromatic carbocycles. The summed E-state index contributed by atoms with van der Waals surface area (Å²) >= 11 is 0. The van der Waals surface area contributed by atoms with Crippen molar-refractivity contribution < 1.29 is 27.5 Å². The minimum absolute atomic E-state index is 0.335. The Kier molecular flexibility index (Phi) is 14.1. The minimum Gasteiger partial charge on any atom is -0.547 e. The van der Waals surface area contributed by atoms with Gasteiger partial charge in [0.2, 0.25) is 25.0 Å². The van der Waals surface area contributed by atoms with Gasteiger partial charge in [0, 0.05) is 0 Å². The van der Waals surface area contributed by atoms with Crippen molar-refractivity contribution in [3.05, 3.63) is 36.2 Å². The van der Waals surface area contributed by atoms with Crippen LogP contribution in [0.3, 0.4) is 0 Å². The zero-order valence-electron chi connectivity index (χ0n) is 21.2. The molecule has 0 aliphatic heterocycles. The molecule has 0 N–H and O–H groups in total. The van der Waals surface area contributed by atoms with E-state index in [1.165, 1.54) is 6.08 Å². The Morgan fingerprint density at radius 3 is 1.53 bits per heavy atom. The second-order valence-electron chi connectivity index (χ2n) is 9.51. The van der Waals surface area contributed by atoms with Gasteiger partial charge < -0.3 is 22.8 Å². The predicted octanol–water partition coefficient (Wildman–Crippen LogP) is 6.39. The minimum atomic E-state index is -1.66. The van der Waals surface area contributed by atoms with Crippen LogP contribution in [0, 0.1) is 0 Å². The van der Waals surface area contributed by atoms with Gasteiger partial charge in [0.15, 0.2) is 0 Å². The first-order valence-electron chi connectivity index (χ1n) is 10.3. The monoisotopic (exact) mass is 476 g/mol. The van der Waals surface area contributed by atoms with Crippen molar-refractivity contribution >= 4 is 30.9 Å². The maximum atomic E-state index is 11.0. The number of ether oxygens (including phenoxy) is 2. The molecule has 0 aromatic rings. The molecule has 0 fully saturated rings. The van der Waals surface area contributed by atoms with Crippen molar-refractivity contribution in [1.82, 2.24) is 0 Å². The van der Waals surface area contributed by atoms with Crippen LogP contribution in [0.2, 0.25) is 58.9 Å². The Balaban J connectivity index is 0. The molecule has 0 amide bonds. The van der Waals surface area contributed by atoms with Crippen LogP contribution in [0.4, 0.5) is 0 Å². The number of rotatable bonds is 11. The Bertz CT molecular complexity index is 593. The molecular weight excluding hydrogens is 432 g/mol. The third kappa shape index (κ3) is 22.8. The quantitative estimate of drug-likeness (QED) is 0.113. The van der Waals surface area contributed by atoms with Crippen molar-refractivity contribution in [1.29, 1.82) is 0 Å². The highest BCUT2D eigenvalue weighted by atomic mass is 28.4. The molecule has 9 heteroatoms. The van der Waals surface area contributed by atoms with E-state index in [1.807, 2.05) is 6.92 Å². The van der Waals surface area contributed by atoms with Gasteiger partial charge in [0.1, 0.15) is 5.76 Å². The van der Waals surface area contributed by atoms with Crippen LogP contribution in [-0.2, 0) is 27.5 Å². The molecule has 0 saturated heterocycles. The fraction of sp³-hybridized carbons (Fsp3) is 0.667. The lowest BCUT2D eigenvalue weighted by atomic mass is 10.5. The molecule has 0 radical (unpaired) electrons. The maximum absolute atomic E-state index is 11.0. The largest absolute Gasteiger partial charge is 0.547 e. The Hall–Kier alpha value is -1.46. The van der Waals surface area contributed by atoms with E-state index in [-0.39, 0.29) is 5.97 Å². The van der Waals surface area contributed by atoms with Gasteiger partial charge in [-0.05, 0) is 79.7 Å². The van der Waals surface area contributed by atoms with E-state index in [0.29, 0.717) is 30.7 Å². The van der Waals surface area contributed by atoms with Gasteiger partial charge >= 0.3 is 5.97 Å². The van der Waals surface area contributed by atoms with E-state index in [4.69, 9.17) is 22.8 Å². The van der Waals surface area contributed by atoms with Crippen molar-refractivity contribution in [3.8, 4) is 0 Å². The summed E-state index contributed by atoms with van der Waals surface area (Å²) in [6, 6.07) is 0. The number of hydrogen-bond donors (Lipinski definition) is 0. The van der Waals surface area contributed by atoms with Crippen LogP contribution in [0.25, 0.3) is 0 Å². The van der Waals surface area contributed by atoms with Gasteiger partial charge in [-0.15, -0.1) is 0 Å². The summed E-state index contributed by atoms with van der Waals surface area (Å²) in [5.41, 5.74) is 0. The average molecular weight is 477 g/mol. The number of carbonyl (C=O) groups is 1. The summed E-state index contributed by atoms with van der Waals surface area (Å²) < 4.78 is 27.3. The normalized spacial score (nSPS) is 12.9. The predicted molar refractivity (Wildman–Crippen MR) is 133 cm³/mol. The summed E-state index contributed by atoms with van der Waals surface area (Å²) in [4.78, 5) is 11.0. The second kappa shape index (κ2) is 13.8. The van der Waals surface area contributed by atoms with E-state index in [0.717, 1.165) is 0 Å². The van der Waals surface area contributed by atoms with Crippen molar-refractivity contribution in [2.24, 2.45) is 0 Å².